The summed E-state index contributed by atoms with van der Waals surface area (Å²) in [4.78, 5) is 0. The van der Waals surface area contributed by atoms with Crippen molar-refractivity contribution in [3.8, 4) is 0 Å². The third-order valence-electron chi connectivity index (χ3n) is 6.14. The van der Waals surface area contributed by atoms with E-state index in [1.807, 2.05) is 0 Å². The second-order valence-corrected chi connectivity index (χ2v) is 12.3. The molecule has 1 nitrogen and oxygen atoms in total. The molecule has 0 saturated heterocycles. The molecule has 0 aromatic heterocycles. The summed E-state index contributed by atoms with van der Waals surface area (Å²) in [6, 6.07) is 1.55. The molecule has 0 fully saturated rings. The minimum Gasteiger partial charge on any atom is -0.305 e. The molecule has 0 aromatic carbocycles. The lowest BCUT2D eigenvalue weighted by Crippen LogP contribution is -2.41. The number of hydrogen-bond acceptors (Lipinski definition) is 1. The molecule has 0 saturated carbocycles. The van der Waals surface area contributed by atoms with E-state index in [0.717, 1.165) is 6.54 Å². The number of unbranched alkanes of at least 4 members (excludes halogenated alkanes) is 9. The Morgan fingerprint density at radius 1 is 0.800 bits per heavy atom. The van der Waals surface area contributed by atoms with Gasteiger partial charge in [-0.05, 0) is 51.8 Å². The predicted molar refractivity (Wildman–Crippen MR) is 118 cm³/mol. The fourth-order valence-corrected chi connectivity index (χ4v) is 5.06. The molecule has 146 valence electrons. The standard InChI is InChI=1S/C23H45NSi/c1-20-19-23(4,22(3)21(20)2)24-17-15-13-11-9-7-8-10-12-14-16-18-25(5)6/h19,24-25H,7-18H2,1-6H3. The summed E-state index contributed by atoms with van der Waals surface area (Å²) in [6.45, 7) is 15.2. The zero-order valence-corrected chi connectivity index (χ0v) is 19.3. The van der Waals surface area contributed by atoms with Crippen molar-refractivity contribution in [2.45, 2.75) is 117 Å². The average Bonchev–Trinajstić information content (AvgIpc) is 2.75. The molecule has 2 heteroatoms. The van der Waals surface area contributed by atoms with E-state index in [9.17, 15) is 0 Å². The van der Waals surface area contributed by atoms with Gasteiger partial charge in [0.1, 0.15) is 0 Å². The van der Waals surface area contributed by atoms with Crippen LogP contribution in [-0.4, -0.2) is 20.9 Å². The van der Waals surface area contributed by atoms with Crippen LogP contribution in [0.5, 0.6) is 0 Å². The summed E-state index contributed by atoms with van der Waals surface area (Å²) in [6.07, 6.45) is 16.8. The molecule has 0 aromatic rings. The molecule has 25 heavy (non-hydrogen) atoms. The largest absolute Gasteiger partial charge is 0.305 e. The SMILES string of the molecule is CC1=CC(C)(NCCCCCCCCCCCC[SiH](C)C)C(C)=C1C. The molecule has 1 N–H and O–H groups in total. The van der Waals surface area contributed by atoms with E-state index in [0.29, 0.717) is 0 Å². The molecule has 0 radical (unpaired) electrons. The van der Waals surface area contributed by atoms with E-state index in [4.69, 9.17) is 0 Å². The van der Waals surface area contributed by atoms with Gasteiger partial charge in [0.25, 0.3) is 0 Å². The number of allylic oxidation sites excluding steroid dienone is 2. The van der Waals surface area contributed by atoms with E-state index in [2.05, 4.69) is 52.2 Å². The Labute approximate surface area is 160 Å². The van der Waals surface area contributed by atoms with Gasteiger partial charge in [-0.25, -0.2) is 0 Å². The van der Waals surface area contributed by atoms with Gasteiger partial charge in [0.15, 0.2) is 0 Å². The van der Waals surface area contributed by atoms with Crippen LogP contribution in [0.1, 0.15) is 91.9 Å². The van der Waals surface area contributed by atoms with Gasteiger partial charge in [0, 0.05) is 8.80 Å². The van der Waals surface area contributed by atoms with Gasteiger partial charge in [-0.1, -0.05) is 88.6 Å². The minimum absolute atomic E-state index is 0.103. The number of hydrogen-bond donors (Lipinski definition) is 1. The minimum atomic E-state index is -0.287. The number of rotatable bonds is 14. The van der Waals surface area contributed by atoms with Gasteiger partial charge in [0.2, 0.25) is 0 Å². The van der Waals surface area contributed by atoms with E-state index in [1.54, 1.807) is 6.04 Å². The molecule has 0 amide bonds. The highest BCUT2D eigenvalue weighted by atomic mass is 28.3. The summed E-state index contributed by atoms with van der Waals surface area (Å²) in [5.74, 6) is 0. The van der Waals surface area contributed by atoms with Crippen molar-refractivity contribution in [3.05, 3.63) is 22.8 Å². The first-order valence-electron chi connectivity index (χ1n) is 11.0. The van der Waals surface area contributed by atoms with Crippen LogP contribution < -0.4 is 5.32 Å². The van der Waals surface area contributed by atoms with E-state index in [-0.39, 0.29) is 14.3 Å². The Balaban J connectivity index is 1.92. The lowest BCUT2D eigenvalue weighted by Gasteiger charge is -2.26. The Bertz CT molecular complexity index is 435. The smallest absolute Gasteiger partial charge is 0.0559 e. The summed E-state index contributed by atoms with van der Waals surface area (Å²) < 4.78 is 0. The average molecular weight is 364 g/mol. The highest BCUT2D eigenvalue weighted by molar-refractivity contribution is 6.55. The fourth-order valence-electron chi connectivity index (χ4n) is 3.96. The van der Waals surface area contributed by atoms with Gasteiger partial charge in [-0.2, -0.15) is 0 Å². The number of nitrogens with one attached hydrogen (secondary N) is 1. The molecule has 1 rings (SSSR count). The zero-order valence-electron chi connectivity index (χ0n) is 18.1. The summed E-state index contributed by atoms with van der Waals surface area (Å²) >= 11 is 0. The molecule has 0 heterocycles. The summed E-state index contributed by atoms with van der Waals surface area (Å²) in [7, 11) is -0.287. The van der Waals surface area contributed by atoms with Gasteiger partial charge >= 0.3 is 0 Å². The highest BCUT2D eigenvalue weighted by Gasteiger charge is 2.29. The van der Waals surface area contributed by atoms with Crippen molar-refractivity contribution in [3.63, 3.8) is 0 Å². The fraction of sp³-hybridized carbons (Fsp3) is 0.826. The van der Waals surface area contributed by atoms with Gasteiger partial charge in [-0.15, -0.1) is 0 Å². The third kappa shape index (κ3) is 8.73. The first-order valence-corrected chi connectivity index (χ1v) is 14.1. The van der Waals surface area contributed by atoms with Crippen molar-refractivity contribution in [2.24, 2.45) is 0 Å². The van der Waals surface area contributed by atoms with Crippen LogP contribution in [0.2, 0.25) is 19.1 Å². The summed E-state index contributed by atoms with van der Waals surface area (Å²) in [5.41, 5.74) is 4.52. The monoisotopic (exact) mass is 363 g/mol. The van der Waals surface area contributed by atoms with Crippen molar-refractivity contribution in [2.75, 3.05) is 6.54 Å². The maximum absolute atomic E-state index is 3.78. The maximum atomic E-state index is 3.78. The topological polar surface area (TPSA) is 12.0 Å². The molecule has 1 unspecified atom stereocenters. The zero-order chi connectivity index (χ0) is 18.7. The van der Waals surface area contributed by atoms with Gasteiger partial charge < -0.3 is 5.32 Å². The van der Waals surface area contributed by atoms with Crippen LogP contribution in [0.25, 0.3) is 0 Å². The Morgan fingerprint density at radius 2 is 1.28 bits per heavy atom. The Kier molecular flexibility index (Phi) is 11.0. The van der Waals surface area contributed by atoms with Crippen molar-refractivity contribution in [1.82, 2.24) is 5.32 Å². The molecular formula is C23H45NSi. The predicted octanol–water partition coefficient (Wildman–Crippen LogP) is 7.02. The highest BCUT2D eigenvalue weighted by Crippen LogP contribution is 2.33. The molecule has 1 atom stereocenters. The van der Waals surface area contributed by atoms with E-state index in [1.165, 1.54) is 80.9 Å². The molecule has 1 aliphatic rings. The lowest BCUT2D eigenvalue weighted by molar-refractivity contribution is 0.477. The lowest BCUT2D eigenvalue weighted by atomic mass is 9.95. The molecule has 0 aliphatic heterocycles. The van der Waals surface area contributed by atoms with Crippen LogP contribution >= 0.6 is 0 Å². The molecule has 1 aliphatic carbocycles. The van der Waals surface area contributed by atoms with Crippen LogP contribution in [-0.2, 0) is 0 Å². The maximum Gasteiger partial charge on any atom is 0.0559 e. The van der Waals surface area contributed by atoms with E-state index >= 15 is 0 Å². The van der Waals surface area contributed by atoms with Crippen LogP contribution in [0.15, 0.2) is 22.8 Å². The second-order valence-electron chi connectivity index (χ2n) is 8.92. The van der Waals surface area contributed by atoms with Crippen molar-refractivity contribution >= 4 is 8.80 Å². The van der Waals surface area contributed by atoms with E-state index < -0.39 is 0 Å². The first-order chi connectivity index (χ1) is 11.9. The third-order valence-corrected chi connectivity index (χ3v) is 7.70. The van der Waals surface area contributed by atoms with Gasteiger partial charge in [0.05, 0.1) is 5.54 Å². The quantitative estimate of drug-likeness (QED) is 0.258. The Morgan fingerprint density at radius 3 is 1.72 bits per heavy atom. The molecule has 0 spiro atoms. The molecular weight excluding hydrogens is 318 g/mol. The van der Waals surface area contributed by atoms with Crippen LogP contribution in [0, 0.1) is 0 Å². The van der Waals surface area contributed by atoms with Crippen LogP contribution in [0.3, 0.4) is 0 Å². The van der Waals surface area contributed by atoms with Crippen molar-refractivity contribution in [1.29, 1.82) is 0 Å². The second kappa shape index (κ2) is 12.1. The molecule has 0 bridgehead atoms. The Hall–Kier alpha value is -0.343. The summed E-state index contributed by atoms with van der Waals surface area (Å²) in [5, 5.41) is 3.78. The van der Waals surface area contributed by atoms with Crippen molar-refractivity contribution < 1.29 is 0 Å². The van der Waals surface area contributed by atoms with Gasteiger partial charge in [-0.3, -0.25) is 0 Å². The first kappa shape index (κ1) is 22.7. The normalized spacial score (nSPS) is 20.7. The van der Waals surface area contributed by atoms with Crippen LogP contribution in [0.4, 0.5) is 0 Å².